The number of benzene rings is 1. The maximum absolute atomic E-state index is 12.5. The fraction of sp³-hybridized carbons (Fsp3) is 0.600. The highest BCUT2D eigenvalue weighted by Crippen LogP contribution is 2.26. The number of hydrogen-bond acceptors (Lipinski definition) is 3. The van der Waals surface area contributed by atoms with Crippen LogP contribution >= 0.6 is 15.9 Å². The van der Waals surface area contributed by atoms with Crippen molar-refractivity contribution in [3.05, 3.63) is 28.2 Å². The molecule has 0 aliphatic rings. The molecule has 0 saturated heterocycles. The second-order valence-corrected chi connectivity index (χ2v) is 9.00. The molecular formula is C15H25BrN2O2S. The molecule has 0 spiro atoms. The molecule has 0 fully saturated rings. The van der Waals surface area contributed by atoms with Gasteiger partial charge in [0.25, 0.3) is 0 Å². The summed E-state index contributed by atoms with van der Waals surface area (Å²) < 4.78 is 28.3. The molecule has 2 N–H and O–H groups in total. The highest BCUT2D eigenvalue weighted by atomic mass is 79.9. The van der Waals surface area contributed by atoms with Gasteiger partial charge in [-0.25, -0.2) is 13.1 Å². The van der Waals surface area contributed by atoms with Crippen molar-refractivity contribution in [2.24, 2.45) is 11.3 Å². The van der Waals surface area contributed by atoms with E-state index in [1.807, 2.05) is 13.1 Å². The standard InChI is InChI=1S/C15H25BrN2O2S/c1-11(15(2,3)4)9-18-21(19,20)14-8-12(10-17-5)6-7-13(14)16/h6-8,11,17-18H,9-10H2,1-5H3. The van der Waals surface area contributed by atoms with E-state index in [0.29, 0.717) is 17.6 Å². The van der Waals surface area contributed by atoms with Crippen LogP contribution in [0.15, 0.2) is 27.6 Å². The van der Waals surface area contributed by atoms with Crippen LogP contribution in [0, 0.1) is 11.3 Å². The Hall–Kier alpha value is -0.430. The Balaban J connectivity index is 2.95. The maximum Gasteiger partial charge on any atom is 0.241 e. The normalized spacial score (nSPS) is 14.2. The fourth-order valence-electron chi connectivity index (χ4n) is 1.69. The SMILES string of the molecule is CNCc1ccc(Br)c(S(=O)(=O)NCC(C)C(C)(C)C)c1. The van der Waals surface area contributed by atoms with E-state index in [0.717, 1.165) is 5.56 Å². The molecule has 0 aliphatic heterocycles. The summed E-state index contributed by atoms with van der Waals surface area (Å²) in [6, 6.07) is 5.37. The van der Waals surface area contributed by atoms with E-state index < -0.39 is 10.0 Å². The van der Waals surface area contributed by atoms with Crippen molar-refractivity contribution < 1.29 is 8.42 Å². The summed E-state index contributed by atoms with van der Waals surface area (Å²) in [5.41, 5.74) is 0.998. The molecule has 1 rings (SSSR count). The lowest BCUT2D eigenvalue weighted by atomic mass is 9.82. The minimum Gasteiger partial charge on any atom is -0.316 e. The van der Waals surface area contributed by atoms with Gasteiger partial charge >= 0.3 is 0 Å². The van der Waals surface area contributed by atoms with Crippen LogP contribution in [0.2, 0.25) is 0 Å². The van der Waals surface area contributed by atoms with Gasteiger partial charge in [-0.1, -0.05) is 33.8 Å². The monoisotopic (exact) mass is 376 g/mol. The van der Waals surface area contributed by atoms with Gasteiger partial charge in [0.05, 0.1) is 4.90 Å². The van der Waals surface area contributed by atoms with Crippen molar-refractivity contribution in [3.8, 4) is 0 Å². The van der Waals surface area contributed by atoms with Gasteiger partial charge in [0, 0.05) is 17.6 Å². The van der Waals surface area contributed by atoms with Crippen LogP contribution in [-0.2, 0) is 16.6 Å². The Morgan fingerprint density at radius 3 is 2.43 bits per heavy atom. The predicted octanol–water partition coefficient (Wildman–Crippen LogP) is 3.13. The van der Waals surface area contributed by atoms with E-state index in [9.17, 15) is 8.42 Å². The molecule has 1 aromatic carbocycles. The van der Waals surface area contributed by atoms with Crippen molar-refractivity contribution in [3.63, 3.8) is 0 Å². The molecule has 1 atom stereocenters. The molecule has 6 heteroatoms. The summed E-state index contributed by atoms with van der Waals surface area (Å²) in [6.07, 6.45) is 0. The van der Waals surface area contributed by atoms with E-state index in [2.05, 4.69) is 53.7 Å². The first-order valence-corrected chi connectivity index (χ1v) is 9.28. The lowest BCUT2D eigenvalue weighted by Gasteiger charge is -2.27. The number of hydrogen-bond donors (Lipinski definition) is 2. The second kappa shape index (κ2) is 7.22. The van der Waals surface area contributed by atoms with Gasteiger partial charge in [0.2, 0.25) is 10.0 Å². The van der Waals surface area contributed by atoms with Crippen LogP contribution < -0.4 is 10.0 Å². The quantitative estimate of drug-likeness (QED) is 0.801. The summed E-state index contributed by atoms with van der Waals surface area (Å²) in [7, 11) is -1.68. The highest BCUT2D eigenvalue weighted by molar-refractivity contribution is 9.10. The fourth-order valence-corrected chi connectivity index (χ4v) is 3.83. The average Bonchev–Trinajstić information content (AvgIpc) is 2.37. The molecule has 0 bridgehead atoms. The zero-order valence-corrected chi connectivity index (χ0v) is 15.7. The smallest absolute Gasteiger partial charge is 0.241 e. The molecule has 4 nitrogen and oxygen atoms in total. The average molecular weight is 377 g/mol. The van der Waals surface area contributed by atoms with E-state index in [4.69, 9.17) is 0 Å². The Kier molecular flexibility index (Phi) is 6.40. The number of nitrogens with one attached hydrogen (secondary N) is 2. The van der Waals surface area contributed by atoms with Crippen molar-refractivity contribution >= 4 is 26.0 Å². The molecule has 21 heavy (non-hydrogen) atoms. The summed E-state index contributed by atoms with van der Waals surface area (Å²) in [4.78, 5) is 0.288. The first-order valence-electron chi connectivity index (χ1n) is 7.00. The van der Waals surface area contributed by atoms with Crippen LogP contribution in [-0.4, -0.2) is 22.0 Å². The zero-order chi connectivity index (χ0) is 16.3. The van der Waals surface area contributed by atoms with Crippen molar-refractivity contribution in [2.75, 3.05) is 13.6 Å². The molecule has 0 aromatic heterocycles. The summed E-state index contributed by atoms with van der Waals surface area (Å²) >= 11 is 3.32. The third kappa shape index (κ3) is 5.36. The van der Waals surface area contributed by atoms with Gasteiger partial charge in [0.15, 0.2) is 0 Å². The zero-order valence-electron chi connectivity index (χ0n) is 13.3. The third-order valence-electron chi connectivity index (χ3n) is 3.72. The van der Waals surface area contributed by atoms with Crippen molar-refractivity contribution in [1.82, 2.24) is 10.0 Å². The summed E-state index contributed by atoms with van der Waals surface area (Å²) in [6.45, 7) is 9.43. The molecule has 120 valence electrons. The van der Waals surface area contributed by atoms with Gasteiger partial charge in [0.1, 0.15) is 0 Å². The van der Waals surface area contributed by atoms with Crippen LogP contribution in [0.4, 0.5) is 0 Å². The van der Waals surface area contributed by atoms with Crippen molar-refractivity contribution in [1.29, 1.82) is 0 Å². The van der Waals surface area contributed by atoms with Gasteiger partial charge in [-0.05, 0) is 52.0 Å². The molecule has 0 amide bonds. The summed E-state index contributed by atoms with van der Waals surface area (Å²) in [5.74, 6) is 0.242. The molecule has 0 radical (unpaired) electrons. The van der Waals surface area contributed by atoms with Crippen LogP contribution in [0.1, 0.15) is 33.3 Å². The Morgan fingerprint density at radius 2 is 1.90 bits per heavy atom. The van der Waals surface area contributed by atoms with Crippen molar-refractivity contribution in [2.45, 2.75) is 39.1 Å². The second-order valence-electron chi connectivity index (χ2n) is 6.41. The topological polar surface area (TPSA) is 58.2 Å². The maximum atomic E-state index is 12.5. The lowest BCUT2D eigenvalue weighted by Crippen LogP contribution is -2.33. The molecule has 1 aromatic rings. The van der Waals surface area contributed by atoms with Gasteiger partial charge in [-0.15, -0.1) is 0 Å². The van der Waals surface area contributed by atoms with Gasteiger partial charge in [-0.3, -0.25) is 0 Å². The molecule has 1 unspecified atom stereocenters. The Bertz CT molecular complexity index is 580. The van der Waals surface area contributed by atoms with Crippen LogP contribution in [0.3, 0.4) is 0 Å². The van der Waals surface area contributed by atoms with E-state index in [1.54, 1.807) is 12.1 Å². The molecule has 0 aliphatic carbocycles. The highest BCUT2D eigenvalue weighted by Gasteiger charge is 2.24. The first kappa shape index (κ1) is 18.6. The van der Waals surface area contributed by atoms with Gasteiger partial charge < -0.3 is 5.32 Å². The van der Waals surface area contributed by atoms with Gasteiger partial charge in [-0.2, -0.15) is 0 Å². The largest absolute Gasteiger partial charge is 0.316 e. The minimum atomic E-state index is -3.51. The Morgan fingerprint density at radius 1 is 1.29 bits per heavy atom. The summed E-state index contributed by atoms with van der Waals surface area (Å²) in [5, 5.41) is 3.02. The van der Waals surface area contributed by atoms with E-state index in [1.165, 1.54) is 0 Å². The predicted molar refractivity (Wildman–Crippen MR) is 90.7 cm³/mol. The number of halogens is 1. The molecule has 0 heterocycles. The molecular weight excluding hydrogens is 352 g/mol. The van der Waals surface area contributed by atoms with E-state index in [-0.39, 0.29) is 16.2 Å². The van der Waals surface area contributed by atoms with Crippen LogP contribution in [0.5, 0.6) is 0 Å². The third-order valence-corrected chi connectivity index (χ3v) is 6.14. The van der Waals surface area contributed by atoms with E-state index >= 15 is 0 Å². The Labute approximate surface area is 136 Å². The number of sulfonamides is 1. The molecule has 0 saturated carbocycles. The lowest BCUT2D eigenvalue weighted by molar-refractivity contribution is 0.263. The number of rotatable bonds is 6. The minimum absolute atomic E-state index is 0.0632. The first-order chi connectivity index (χ1) is 9.58. The van der Waals surface area contributed by atoms with Crippen LogP contribution in [0.25, 0.3) is 0 Å².